The molecule has 1 aliphatic heterocycles. The molecule has 1 N–H and O–H groups in total. The van der Waals surface area contributed by atoms with E-state index in [4.69, 9.17) is 0 Å². The van der Waals surface area contributed by atoms with Crippen molar-refractivity contribution in [2.75, 3.05) is 13.1 Å². The van der Waals surface area contributed by atoms with Gasteiger partial charge in [0, 0.05) is 6.54 Å². The Labute approximate surface area is 88.5 Å². The summed E-state index contributed by atoms with van der Waals surface area (Å²) in [5.41, 5.74) is -0.222. The summed E-state index contributed by atoms with van der Waals surface area (Å²) in [6.45, 7) is 2.86. The number of halogens is 2. The minimum Gasteiger partial charge on any atom is -0.313 e. The average molecular weight is 211 g/mol. The van der Waals surface area contributed by atoms with Crippen molar-refractivity contribution in [1.29, 1.82) is 0 Å². The lowest BCUT2D eigenvalue weighted by Gasteiger charge is -2.30. The Balaban J connectivity index is 2.31. The van der Waals surface area contributed by atoms with Gasteiger partial charge < -0.3 is 5.32 Å². The Morgan fingerprint density at radius 3 is 2.80 bits per heavy atom. The van der Waals surface area contributed by atoms with E-state index in [-0.39, 0.29) is 5.82 Å². The van der Waals surface area contributed by atoms with Gasteiger partial charge in [-0.25, -0.2) is 8.78 Å². The van der Waals surface area contributed by atoms with E-state index in [9.17, 15) is 8.78 Å². The van der Waals surface area contributed by atoms with Crippen molar-refractivity contribution in [1.82, 2.24) is 5.32 Å². The zero-order chi connectivity index (χ0) is 10.9. The fraction of sp³-hybridized carbons (Fsp3) is 0.500. The van der Waals surface area contributed by atoms with Crippen LogP contribution in [0.4, 0.5) is 8.78 Å². The Hall–Kier alpha value is -0.960. The molecule has 1 aliphatic rings. The standard InChI is InChI=1S/C12H15F2N/c1-9-7-10(3-4-11(9)13)12(14)5-2-6-15-8-12/h3-4,7,15H,2,5-6,8H2,1H3. The third-order valence-corrected chi connectivity index (χ3v) is 3.01. The summed E-state index contributed by atoms with van der Waals surface area (Å²) < 4.78 is 27.5. The number of rotatable bonds is 1. The molecular weight excluding hydrogens is 196 g/mol. The number of hydrogen-bond acceptors (Lipinski definition) is 1. The van der Waals surface area contributed by atoms with E-state index in [2.05, 4.69) is 5.32 Å². The molecule has 1 aromatic carbocycles. The molecule has 0 aliphatic carbocycles. The molecule has 0 aromatic heterocycles. The molecule has 2 rings (SSSR count). The van der Waals surface area contributed by atoms with Crippen molar-refractivity contribution in [2.24, 2.45) is 0 Å². The van der Waals surface area contributed by atoms with Crippen molar-refractivity contribution >= 4 is 0 Å². The van der Waals surface area contributed by atoms with Crippen LogP contribution in [0.1, 0.15) is 24.0 Å². The Morgan fingerprint density at radius 2 is 2.20 bits per heavy atom. The van der Waals surface area contributed by atoms with Crippen LogP contribution in [0.5, 0.6) is 0 Å². The lowest BCUT2D eigenvalue weighted by Crippen LogP contribution is -2.40. The van der Waals surface area contributed by atoms with Crippen LogP contribution >= 0.6 is 0 Å². The molecular formula is C12H15F2N. The number of hydrogen-bond donors (Lipinski definition) is 1. The van der Waals surface area contributed by atoms with Crippen LogP contribution in [-0.4, -0.2) is 13.1 Å². The van der Waals surface area contributed by atoms with Crippen molar-refractivity contribution in [2.45, 2.75) is 25.4 Å². The third-order valence-electron chi connectivity index (χ3n) is 3.01. The number of nitrogens with one attached hydrogen (secondary N) is 1. The fourth-order valence-electron chi connectivity index (χ4n) is 2.04. The number of benzene rings is 1. The van der Waals surface area contributed by atoms with Crippen LogP contribution < -0.4 is 5.32 Å². The van der Waals surface area contributed by atoms with Crippen molar-refractivity contribution in [3.8, 4) is 0 Å². The van der Waals surface area contributed by atoms with E-state index in [1.54, 1.807) is 19.1 Å². The molecule has 3 heteroatoms. The highest BCUT2D eigenvalue weighted by Gasteiger charge is 2.33. The molecule has 0 saturated carbocycles. The first kappa shape index (κ1) is 10.6. The summed E-state index contributed by atoms with van der Waals surface area (Å²) in [7, 11) is 0. The van der Waals surface area contributed by atoms with Gasteiger partial charge in [0.25, 0.3) is 0 Å². The lowest BCUT2D eigenvalue weighted by atomic mass is 9.87. The highest BCUT2D eigenvalue weighted by molar-refractivity contribution is 5.29. The molecule has 15 heavy (non-hydrogen) atoms. The Kier molecular flexibility index (Phi) is 2.74. The summed E-state index contributed by atoms with van der Waals surface area (Å²) in [6, 6.07) is 4.51. The Bertz CT molecular complexity index is 357. The SMILES string of the molecule is Cc1cc(C2(F)CCCNC2)ccc1F. The topological polar surface area (TPSA) is 12.0 Å². The fourth-order valence-corrected chi connectivity index (χ4v) is 2.04. The first-order valence-corrected chi connectivity index (χ1v) is 5.28. The molecule has 1 unspecified atom stereocenters. The second-order valence-corrected chi connectivity index (χ2v) is 4.21. The molecule has 0 radical (unpaired) electrons. The maximum atomic E-state index is 14.4. The minimum absolute atomic E-state index is 0.272. The van der Waals surface area contributed by atoms with E-state index in [1.807, 2.05) is 0 Å². The highest BCUT2D eigenvalue weighted by Crippen LogP contribution is 2.33. The van der Waals surface area contributed by atoms with E-state index >= 15 is 0 Å². The summed E-state index contributed by atoms with van der Waals surface area (Å²) >= 11 is 0. The maximum absolute atomic E-state index is 14.4. The summed E-state index contributed by atoms with van der Waals surface area (Å²) in [4.78, 5) is 0. The van der Waals surface area contributed by atoms with Gasteiger partial charge in [0.2, 0.25) is 0 Å². The van der Waals surface area contributed by atoms with Crippen LogP contribution in [0.3, 0.4) is 0 Å². The van der Waals surface area contributed by atoms with Gasteiger partial charge in [-0.15, -0.1) is 0 Å². The molecule has 0 amide bonds. The largest absolute Gasteiger partial charge is 0.313 e. The smallest absolute Gasteiger partial charge is 0.148 e. The predicted octanol–water partition coefficient (Wildman–Crippen LogP) is 2.68. The summed E-state index contributed by atoms with van der Waals surface area (Å²) in [5.74, 6) is -0.272. The number of aryl methyl sites for hydroxylation is 1. The second kappa shape index (κ2) is 3.89. The van der Waals surface area contributed by atoms with E-state index in [0.717, 1.165) is 13.0 Å². The summed E-state index contributed by atoms with van der Waals surface area (Å²) in [5, 5.41) is 3.04. The molecule has 0 bridgehead atoms. The molecule has 0 spiro atoms. The summed E-state index contributed by atoms with van der Waals surface area (Å²) in [6.07, 6.45) is 1.35. The maximum Gasteiger partial charge on any atom is 0.148 e. The molecule has 1 aromatic rings. The van der Waals surface area contributed by atoms with Crippen LogP contribution in [0.25, 0.3) is 0 Å². The second-order valence-electron chi connectivity index (χ2n) is 4.21. The van der Waals surface area contributed by atoms with Crippen molar-refractivity contribution in [3.05, 3.63) is 35.1 Å². The monoisotopic (exact) mass is 211 g/mol. The first-order chi connectivity index (χ1) is 7.12. The molecule has 1 atom stereocenters. The molecule has 1 heterocycles. The molecule has 1 saturated heterocycles. The number of alkyl halides is 1. The molecule has 1 fully saturated rings. The van der Waals surface area contributed by atoms with Gasteiger partial charge >= 0.3 is 0 Å². The van der Waals surface area contributed by atoms with Crippen LogP contribution in [-0.2, 0) is 5.67 Å². The quantitative estimate of drug-likeness (QED) is 0.753. The number of piperidine rings is 1. The van der Waals surface area contributed by atoms with Gasteiger partial charge in [-0.2, -0.15) is 0 Å². The highest BCUT2D eigenvalue weighted by atomic mass is 19.1. The van der Waals surface area contributed by atoms with E-state index in [1.165, 1.54) is 6.07 Å². The lowest BCUT2D eigenvalue weighted by molar-refractivity contribution is 0.122. The molecule has 1 nitrogen and oxygen atoms in total. The zero-order valence-corrected chi connectivity index (χ0v) is 8.82. The van der Waals surface area contributed by atoms with Gasteiger partial charge in [-0.05, 0) is 49.6 Å². The van der Waals surface area contributed by atoms with Crippen LogP contribution in [0.2, 0.25) is 0 Å². The van der Waals surface area contributed by atoms with Crippen LogP contribution in [0, 0.1) is 12.7 Å². The van der Waals surface area contributed by atoms with Gasteiger partial charge in [0.15, 0.2) is 0 Å². The van der Waals surface area contributed by atoms with Crippen molar-refractivity contribution < 1.29 is 8.78 Å². The van der Waals surface area contributed by atoms with Gasteiger partial charge in [-0.3, -0.25) is 0 Å². The Morgan fingerprint density at radius 1 is 1.40 bits per heavy atom. The van der Waals surface area contributed by atoms with Gasteiger partial charge in [0.1, 0.15) is 11.5 Å². The van der Waals surface area contributed by atoms with Gasteiger partial charge in [0.05, 0.1) is 0 Å². The van der Waals surface area contributed by atoms with Crippen LogP contribution in [0.15, 0.2) is 18.2 Å². The first-order valence-electron chi connectivity index (χ1n) is 5.28. The van der Waals surface area contributed by atoms with E-state index in [0.29, 0.717) is 24.1 Å². The minimum atomic E-state index is -1.32. The van der Waals surface area contributed by atoms with Crippen molar-refractivity contribution in [3.63, 3.8) is 0 Å². The molecule has 82 valence electrons. The third kappa shape index (κ3) is 2.02. The van der Waals surface area contributed by atoms with E-state index < -0.39 is 5.67 Å². The predicted molar refractivity (Wildman–Crippen MR) is 56.0 cm³/mol. The zero-order valence-electron chi connectivity index (χ0n) is 8.82. The van der Waals surface area contributed by atoms with Gasteiger partial charge in [-0.1, -0.05) is 6.07 Å². The normalized spacial score (nSPS) is 26.6. The average Bonchev–Trinajstić information content (AvgIpc) is 2.23.